The lowest BCUT2D eigenvalue weighted by Crippen LogP contribution is -2.41. The first-order chi connectivity index (χ1) is 18.4. The van der Waals surface area contributed by atoms with Crippen LogP contribution in [0.25, 0.3) is 22.2 Å². The minimum absolute atomic E-state index is 0.0417. The van der Waals surface area contributed by atoms with Gasteiger partial charge >= 0.3 is 6.09 Å². The van der Waals surface area contributed by atoms with Gasteiger partial charge in [0.15, 0.2) is 0 Å². The zero-order valence-electron chi connectivity index (χ0n) is 20.7. The van der Waals surface area contributed by atoms with Gasteiger partial charge in [-0.15, -0.1) is 0 Å². The fraction of sp³-hybridized carbons (Fsp3) is 0.321. The van der Waals surface area contributed by atoms with Crippen LogP contribution in [0.4, 0.5) is 10.7 Å². The molecule has 3 N–H and O–H groups in total. The molecule has 2 aliphatic carbocycles. The van der Waals surface area contributed by atoms with E-state index >= 15 is 0 Å². The van der Waals surface area contributed by atoms with Crippen molar-refractivity contribution in [1.29, 1.82) is 0 Å². The first-order valence-electron chi connectivity index (χ1n) is 12.9. The summed E-state index contributed by atoms with van der Waals surface area (Å²) in [5.41, 5.74) is 3.10. The van der Waals surface area contributed by atoms with Crippen LogP contribution >= 0.6 is 0 Å². The van der Waals surface area contributed by atoms with E-state index in [1.807, 2.05) is 30.5 Å². The molecule has 0 spiro atoms. The molecule has 2 fully saturated rings. The highest BCUT2D eigenvalue weighted by molar-refractivity contribution is 7.90. The van der Waals surface area contributed by atoms with Gasteiger partial charge in [-0.1, -0.05) is 36.4 Å². The number of aromatic nitrogens is 3. The standard InChI is InChI=1S/C28H29N5O4S/c34-28(35)31-20-8-6-7-19(15-20)30-27-29-16-23(18-13-14-18)26(32-27)24-17-33(25-12-5-4-11-22(24)25)38(36,37)21-9-2-1-3-10-21/h1-5,9-12,16-20,31H,6-8,13-15H2,(H,34,35)(H,29,30,32)/t19-,20?/m1/s1. The van der Waals surface area contributed by atoms with Crippen molar-refractivity contribution in [3.63, 3.8) is 0 Å². The summed E-state index contributed by atoms with van der Waals surface area (Å²) in [5.74, 6) is 0.818. The van der Waals surface area contributed by atoms with Gasteiger partial charge in [-0.2, -0.15) is 0 Å². The Labute approximate surface area is 221 Å². The first kappa shape index (κ1) is 24.4. The lowest BCUT2D eigenvalue weighted by atomic mass is 9.91. The zero-order chi connectivity index (χ0) is 26.3. The zero-order valence-corrected chi connectivity index (χ0v) is 21.6. The summed E-state index contributed by atoms with van der Waals surface area (Å²) in [6.45, 7) is 0. The predicted molar refractivity (Wildman–Crippen MR) is 145 cm³/mol. The van der Waals surface area contributed by atoms with E-state index < -0.39 is 16.1 Å². The maximum absolute atomic E-state index is 13.6. The van der Waals surface area contributed by atoms with E-state index in [0.717, 1.165) is 54.3 Å². The highest BCUT2D eigenvalue weighted by Gasteiger charge is 2.31. The maximum atomic E-state index is 13.6. The number of amides is 1. The Bertz CT molecular complexity index is 1600. The van der Waals surface area contributed by atoms with E-state index in [1.165, 1.54) is 3.97 Å². The van der Waals surface area contributed by atoms with Crippen LogP contribution in [0, 0.1) is 0 Å². The van der Waals surface area contributed by atoms with Gasteiger partial charge in [-0.3, -0.25) is 0 Å². The topological polar surface area (TPSA) is 126 Å². The molecular weight excluding hydrogens is 502 g/mol. The Morgan fingerprint density at radius 1 is 0.974 bits per heavy atom. The molecule has 6 rings (SSSR count). The largest absolute Gasteiger partial charge is 0.465 e. The second-order valence-electron chi connectivity index (χ2n) is 10.1. The quantitative estimate of drug-likeness (QED) is 0.299. The molecular formula is C28H29N5O4S. The summed E-state index contributed by atoms with van der Waals surface area (Å²) in [6.07, 6.45) is 7.90. The number of carbonyl (C=O) groups is 1. The van der Waals surface area contributed by atoms with Gasteiger partial charge in [0.05, 0.1) is 16.1 Å². The van der Waals surface area contributed by atoms with Crippen LogP contribution in [0.3, 0.4) is 0 Å². The van der Waals surface area contributed by atoms with Crippen molar-refractivity contribution < 1.29 is 18.3 Å². The monoisotopic (exact) mass is 531 g/mol. The van der Waals surface area contributed by atoms with E-state index in [1.54, 1.807) is 36.5 Å². The highest BCUT2D eigenvalue weighted by atomic mass is 32.2. The summed E-state index contributed by atoms with van der Waals surface area (Å²) in [4.78, 5) is 20.9. The Hall–Kier alpha value is -3.92. The Balaban J connectivity index is 1.41. The van der Waals surface area contributed by atoms with Gasteiger partial charge in [0, 0.05) is 41.0 Å². The van der Waals surface area contributed by atoms with Crippen LogP contribution in [-0.4, -0.2) is 45.6 Å². The molecule has 2 aromatic heterocycles. The molecule has 0 radical (unpaired) electrons. The van der Waals surface area contributed by atoms with Crippen LogP contribution in [0.2, 0.25) is 0 Å². The van der Waals surface area contributed by atoms with Crippen molar-refractivity contribution in [2.45, 2.75) is 61.4 Å². The van der Waals surface area contributed by atoms with Crippen molar-refractivity contribution in [3.05, 3.63) is 72.6 Å². The van der Waals surface area contributed by atoms with E-state index in [9.17, 15) is 13.2 Å². The minimum Gasteiger partial charge on any atom is -0.465 e. The lowest BCUT2D eigenvalue weighted by molar-refractivity contribution is 0.185. The number of hydrogen-bond acceptors (Lipinski definition) is 6. The number of para-hydroxylation sites is 1. The molecule has 2 aliphatic rings. The predicted octanol–water partition coefficient (Wildman–Crippen LogP) is 5.20. The third-order valence-electron chi connectivity index (χ3n) is 7.40. The van der Waals surface area contributed by atoms with Gasteiger partial charge in [0.25, 0.3) is 10.0 Å². The molecule has 0 aliphatic heterocycles. The average molecular weight is 532 g/mol. The van der Waals surface area contributed by atoms with Crippen molar-refractivity contribution in [1.82, 2.24) is 19.3 Å². The molecule has 2 atom stereocenters. The first-order valence-corrected chi connectivity index (χ1v) is 14.4. The summed E-state index contributed by atoms with van der Waals surface area (Å²) < 4.78 is 28.6. The highest BCUT2D eigenvalue weighted by Crippen LogP contribution is 2.45. The molecule has 1 unspecified atom stereocenters. The number of carboxylic acid groups (broad SMARTS) is 1. The number of rotatable bonds is 7. The van der Waals surface area contributed by atoms with Crippen LogP contribution in [0.5, 0.6) is 0 Å². The second-order valence-corrected chi connectivity index (χ2v) is 11.9. The van der Waals surface area contributed by atoms with Crippen LogP contribution < -0.4 is 10.6 Å². The number of fused-ring (bicyclic) bond motifs is 1. The SMILES string of the molecule is O=C(O)NC1CCC[C@@H](Nc2ncc(C3CC3)c(-c3cn(S(=O)(=O)c4ccccc4)c4ccccc34)n2)C1. The third-order valence-corrected chi connectivity index (χ3v) is 9.09. The summed E-state index contributed by atoms with van der Waals surface area (Å²) in [7, 11) is -3.82. The average Bonchev–Trinajstić information content (AvgIpc) is 3.68. The van der Waals surface area contributed by atoms with Crippen LogP contribution in [0.15, 0.2) is 71.9 Å². The van der Waals surface area contributed by atoms with Crippen molar-refractivity contribution in [2.24, 2.45) is 0 Å². The molecule has 9 nitrogen and oxygen atoms in total. The Morgan fingerprint density at radius 2 is 1.71 bits per heavy atom. The van der Waals surface area contributed by atoms with Crippen LogP contribution in [0.1, 0.15) is 50.0 Å². The second kappa shape index (κ2) is 9.75. The molecule has 10 heteroatoms. The van der Waals surface area contributed by atoms with E-state index in [0.29, 0.717) is 23.8 Å². The molecule has 1 amide bonds. The van der Waals surface area contributed by atoms with Crippen LogP contribution in [-0.2, 0) is 10.0 Å². The molecule has 2 aromatic carbocycles. The van der Waals surface area contributed by atoms with Crippen molar-refractivity contribution in [3.8, 4) is 11.3 Å². The van der Waals surface area contributed by atoms with E-state index in [4.69, 9.17) is 10.1 Å². The van der Waals surface area contributed by atoms with Gasteiger partial charge in [-0.05, 0) is 62.6 Å². The van der Waals surface area contributed by atoms with Gasteiger partial charge in [0.2, 0.25) is 5.95 Å². The minimum atomic E-state index is -3.82. The van der Waals surface area contributed by atoms with Crippen molar-refractivity contribution in [2.75, 3.05) is 5.32 Å². The number of hydrogen-bond donors (Lipinski definition) is 3. The summed E-state index contributed by atoms with van der Waals surface area (Å²) >= 11 is 0. The van der Waals surface area contributed by atoms with Crippen molar-refractivity contribution >= 4 is 33.0 Å². The number of benzene rings is 2. The fourth-order valence-electron chi connectivity index (χ4n) is 5.42. The molecule has 2 saturated carbocycles. The number of nitrogens with one attached hydrogen (secondary N) is 2. The molecule has 0 saturated heterocycles. The molecule has 4 aromatic rings. The normalized spacial score (nSPS) is 19.8. The molecule has 196 valence electrons. The lowest BCUT2D eigenvalue weighted by Gasteiger charge is -2.29. The van der Waals surface area contributed by atoms with Gasteiger partial charge < -0.3 is 15.7 Å². The molecule has 2 heterocycles. The Kier molecular flexibility index (Phi) is 6.27. The molecule has 0 bridgehead atoms. The number of anilines is 1. The maximum Gasteiger partial charge on any atom is 0.404 e. The van der Waals surface area contributed by atoms with Gasteiger partial charge in [-0.25, -0.2) is 27.2 Å². The number of nitrogens with zero attached hydrogens (tertiary/aromatic N) is 3. The van der Waals surface area contributed by atoms with Gasteiger partial charge in [0.1, 0.15) is 0 Å². The Morgan fingerprint density at radius 3 is 2.47 bits per heavy atom. The smallest absolute Gasteiger partial charge is 0.404 e. The van der Waals surface area contributed by atoms with E-state index in [2.05, 4.69) is 15.6 Å². The summed E-state index contributed by atoms with van der Waals surface area (Å²) in [5, 5.41) is 15.9. The fourth-order valence-corrected chi connectivity index (χ4v) is 6.81. The summed E-state index contributed by atoms with van der Waals surface area (Å²) in [6, 6.07) is 15.8. The third kappa shape index (κ3) is 4.71. The van der Waals surface area contributed by atoms with E-state index in [-0.39, 0.29) is 17.0 Å². The molecule has 38 heavy (non-hydrogen) atoms.